The van der Waals surface area contributed by atoms with Crippen molar-refractivity contribution < 1.29 is 27.8 Å². The lowest BCUT2D eigenvalue weighted by molar-refractivity contribution is -0.134. The molecular weight excluding hydrogens is 454 g/mol. The fourth-order valence-electron chi connectivity index (χ4n) is 4.13. The van der Waals surface area contributed by atoms with Crippen LogP contribution in [0.2, 0.25) is 0 Å². The predicted molar refractivity (Wildman–Crippen MR) is 125 cm³/mol. The van der Waals surface area contributed by atoms with Crippen LogP contribution >= 0.6 is 0 Å². The summed E-state index contributed by atoms with van der Waals surface area (Å²) in [5.41, 5.74) is 7.04. The zero-order valence-electron chi connectivity index (χ0n) is 19.1. The molecule has 0 saturated heterocycles. The normalized spacial score (nSPS) is 14.9. The number of carbonyl (C=O) groups excluding carboxylic acids is 1. The highest BCUT2D eigenvalue weighted by Gasteiger charge is 2.39. The molecule has 10 heteroatoms. The molecule has 0 spiro atoms. The van der Waals surface area contributed by atoms with E-state index in [0.717, 1.165) is 0 Å². The second-order valence-electron chi connectivity index (χ2n) is 7.69. The Balaban J connectivity index is 1.84. The number of ether oxygens (including phenoxy) is 3. The van der Waals surface area contributed by atoms with Crippen LogP contribution in [0.3, 0.4) is 0 Å². The highest BCUT2D eigenvalue weighted by Crippen LogP contribution is 2.39. The highest BCUT2D eigenvalue weighted by atomic mass is 16.5. The first-order valence-electron chi connectivity index (χ1n) is 10.6. The van der Waals surface area contributed by atoms with Gasteiger partial charge < -0.3 is 28.8 Å². The van der Waals surface area contributed by atoms with E-state index in [1.165, 1.54) is 11.7 Å². The first-order chi connectivity index (χ1) is 16.9. The summed E-state index contributed by atoms with van der Waals surface area (Å²) in [7, 11) is 4.37. The minimum absolute atomic E-state index is 0.0221. The number of nitrogens with zero attached hydrogens (tertiary/aromatic N) is 2. The van der Waals surface area contributed by atoms with Gasteiger partial charge in [0.25, 0.3) is 6.01 Å². The monoisotopic (exact) mass is 475 g/mol. The van der Waals surface area contributed by atoms with Gasteiger partial charge >= 0.3 is 11.6 Å². The predicted octanol–water partition coefficient (Wildman–Crippen LogP) is 1.32. The topological polar surface area (TPSA) is 132 Å². The fraction of sp³-hybridized carbons (Fsp3) is 0.160. The number of aromatic nitrogens is 2. The van der Waals surface area contributed by atoms with Crippen LogP contribution in [-0.2, 0) is 9.53 Å². The Hall–Kier alpha value is -4.73. The largest absolute Gasteiger partial charge is 0.497 e. The Labute approximate surface area is 198 Å². The van der Waals surface area contributed by atoms with Crippen molar-refractivity contribution in [2.24, 2.45) is 0 Å². The van der Waals surface area contributed by atoms with Gasteiger partial charge in [-0.2, -0.15) is 4.98 Å². The van der Waals surface area contributed by atoms with E-state index in [2.05, 4.69) is 4.98 Å². The van der Waals surface area contributed by atoms with Crippen molar-refractivity contribution in [3.8, 4) is 17.4 Å². The first kappa shape index (κ1) is 22.1. The van der Waals surface area contributed by atoms with Crippen molar-refractivity contribution in [1.82, 2.24) is 9.55 Å². The Morgan fingerprint density at radius 1 is 1.00 bits per heavy atom. The average molecular weight is 475 g/mol. The summed E-state index contributed by atoms with van der Waals surface area (Å²) in [5.74, 6) is 0.0348. The van der Waals surface area contributed by atoms with Gasteiger partial charge in [-0.3, -0.25) is 0 Å². The van der Waals surface area contributed by atoms with Crippen LogP contribution in [-0.4, -0.2) is 36.8 Å². The van der Waals surface area contributed by atoms with Crippen LogP contribution in [0.4, 0.5) is 6.01 Å². The molecule has 0 unspecified atom stereocenters. The summed E-state index contributed by atoms with van der Waals surface area (Å²) in [6.45, 7) is 0. The Morgan fingerprint density at radius 3 is 2.23 bits per heavy atom. The second kappa shape index (κ2) is 8.56. The maximum absolute atomic E-state index is 13.0. The molecule has 2 aromatic carbocycles. The third-order valence-electron chi connectivity index (χ3n) is 5.76. The number of nitrogens with two attached hydrogens (primary N) is 1. The van der Waals surface area contributed by atoms with E-state index in [1.54, 1.807) is 68.8 Å². The molecule has 1 aliphatic heterocycles. The number of esters is 1. The van der Waals surface area contributed by atoms with Crippen LogP contribution in [0, 0.1) is 0 Å². The van der Waals surface area contributed by atoms with Gasteiger partial charge in [-0.25, -0.2) is 14.2 Å². The molecule has 0 aliphatic carbocycles. The standard InChI is InChI=1S/C25H21N3O7/c1-31-15-8-4-13(5-9-15)12-17-23(29)34-21-19(24(30)33-3)18(14-6-10-16(32-2)11-7-14)20-22(28(17)21)35-25(26)27-20/h4-12,18H,1-3H3,(H2,26,27)/b17-12+/t18-/m1/s1. The lowest BCUT2D eigenvalue weighted by Gasteiger charge is -2.21. The molecule has 2 N–H and O–H groups in total. The lowest BCUT2D eigenvalue weighted by atomic mass is 9.87. The van der Waals surface area contributed by atoms with E-state index in [9.17, 15) is 9.59 Å². The van der Waals surface area contributed by atoms with Gasteiger partial charge in [0.15, 0.2) is 0 Å². The quantitative estimate of drug-likeness (QED) is 0.424. The van der Waals surface area contributed by atoms with Crippen LogP contribution in [0.15, 0.2) is 62.2 Å². The molecule has 1 atom stereocenters. The number of hydrogen-bond acceptors (Lipinski definition) is 9. The number of hydrogen-bond donors (Lipinski definition) is 1. The van der Waals surface area contributed by atoms with Crippen molar-refractivity contribution in [1.29, 1.82) is 0 Å². The molecular formula is C25H21N3O7. The van der Waals surface area contributed by atoms with E-state index >= 15 is 0 Å². The van der Waals surface area contributed by atoms with Crippen molar-refractivity contribution >= 4 is 23.6 Å². The molecule has 0 radical (unpaired) electrons. The van der Waals surface area contributed by atoms with E-state index < -0.39 is 17.5 Å². The third kappa shape index (κ3) is 3.65. The number of benzene rings is 2. The first-order valence-corrected chi connectivity index (χ1v) is 10.6. The van der Waals surface area contributed by atoms with Gasteiger partial charge in [0, 0.05) is 0 Å². The molecule has 35 heavy (non-hydrogen) atoms. The Bertz CT molecular complexity index is 1590. The minimum atomic E-state index is -0.760. The number of methoxy groups -OCH3 is 3. The summed E-state index contributed by atoms with van der Waals surface area (Å²) in [5, 5.41) is 0.122. The Morgan fingerprint density at radius 2 is 1.63 bits per heavy atom. The summed E-state index contributed by atoms with van der Waals surface area (Å²) < 4.78 is 28.2. The van der Waals surface area contributed by atoms with Gasteiger partial charge in [-0.15, -0.1) is 0 Å². The molecule has 1 aliphatic rings. The number of nitrogen functional groups attached to an aromatic ring is 1. The van der Waals surface area contributed by atoms with Crippen LogP contribution in [0.25, 0.3) is 17.5 Å². The second-order valence-corrected chi connectivity index (χ2v) is 7.69. The van der Waals surface area contributed by atoms with E-state index in [4.69, 9.17) is 28.8 Å². The highest BCUT2D eigenvalue weighted by molar-refractivity contribution is 6.12. The van der Waals surface area contributed by atoms with Crippen molar-refractivity contribution in [3.05, 3.63) is 86.7 Å². The third-order valence-corrected chi connectivity index (χ3v) is 5.76. The van der Waals surface area contributed by atoms with Crippen LogP contribution in [0.5, 0.6) is 11.5 Å². The van der Waals surface area contributed by atoms with Crippen molar-refractivity contribution in [2.75, 3.05) is 27.1 Å². The van der Waals surface area contributed by atoms with Crippen LogP contribution < -0.4 is 31.7 Å². The van der Waals surface area contributed by atoms with E-state index in [0.29, 0.717) is 28.3 Å². The van der Waals surface area contributed by atoms with Crippen molar-refractivity contribution in [3.63, 3.8) is 0 Å². The zero-order valence-corrected chi connectivity index (χ0v) is 19.1. The Kier molecular flexibility index (Phi) is 5.40. The molecule has 0 fully saturated rings. The molecule has 0 saturated carbocycles. The minimum Gasteiger partial charge on any atom is -0.497 e. The van der Waals surface area contributed by atoms with Gasteiger partial charge in [-0.05, 0) is 41.5 Å². The van der Waals surface area contributed by atoms with E-state index in [-0.39, 0.29) is 28.4 Å². The smallest absolute Gasteiger partial charge is 0.362 e. The number of rotatable bonds is 5. The van der Waals surface area contributed by atoms with Gasteiger partial charge in [0.2, 0.25) is 11.4 Å². The molecule has 178 valence electrons. The number of carbonyl (C=O) groups is 1. The van der Waals surface area contributed by atoms with Gasteiger partial charge in [0.1, 0.15) is 28.1 Å². The summed E-state index contributed by atoms with van der Waals surface area (Å²) in [6.07, 6.45) is 1.61. The summed E-state index contributed by atoms with van der Waals surface area (Å²) in [6, 6.07) is 14.0. The number of oxazole rings is 2. The lowest BCUT2D eigenvalue weighted by Crippen LogP contribution is -2.37. The van der Waals surface area contributed by atoms with Gasteiger partial charge in [-0.1, -0.05) is 24.3 Å². The number of anilines is 1. The molecule has 0 amide bonds. The van der Waals surface area contributed by atoms with Crippen LogP contribution in [0.1, 0.15) is 22.7 Å². The summed E-state index contributed by atoms with van der Waals surface area (Å²) in [4.78, 5) is 30.4. The molecule has 10 nitrogen and oxygen atoms in total. The summed E-state index contributed by atoms with van der Waals surface area (Å²) >= 11 is 0. The SMILES string of the molecule is COC(=O)C1=c2oc(=O)/c(=C\c3ccc(OC)cc3)n2-c2oc(N)nc2[C@@H]1c1ccc(OC)cc1. The molecule has 3 heterocycles. The zero-order chi connectivity index (χ0) is 24.7. The maximum atomic E-state index is 13.0. The average Bonchev–Trinajstić information content (AvgIpc) is 3.42. The maximum Gasteiger partial charge on any atom is 0.362 e. The number of fused-ring (bicyclic) bond motifs is 3. The van der Waals surface area contributed by atoms with E-state index in [1.807, 2.05) is 0 Å². The molecule has 4 aromatic rings. The molecule has 2 aromatic heterocycles. The molecule has 5 rings (SSSR count). The molecule has 0 bridgehead atoms. The van der Waals surface area contributed by atoms with Crippen molar-refractivity contribution in [2.45, 2.75) is 5.92 Å². The van der Waals surface area contributed by atoms with Gasteiger partial charge in [0.05, 0.1) is 27.2 Å². The fourth-order valence-corrected chi connectivity index (χ4v) is 4.13.